The van der Waals surface area contributed by atoms with E-state index in [4.69, 9.17) is 9.73 Å². The molecule has 1 aliphatic carbocycles. The molecule has 1 aliphatic heterocycles. The van der Waals surface area contributed by atoms with Crippen LogP contribution in [0.5, 0.6) is 0 Å². The zero-order valence-electron chi connectivity index (χ0n) is 21.4. The molecule has 1 aromatic heterocycles. The molecule has 3 aromatic rings. The topological polar surface area (TPSA) is 63.9 Å². The summed E-state index contributed by atoms with van der Waals surface area (Å²) in [6, 6.07) is 19.5. The number of amidine groups is 1. The van der Waals surface area contributed by atoms with E-state index in [-0.39, 0.29) is 17.9 Å². The minimum Gasteiger partial charge on any atom is -0.465 e. The molecule has 2 fully saturated rings. The zero-order valence-corrected chi connectivity index (χ0v) is 22.3. The fourth-order valence-electron chi connectivity index (χ4n) is 5.20. The molecule has 1 saturated carbocycles. The number of methoxy groups -OCH3 is 1. The molecule has 7 heteroatoms. The van der Waals surface area contributed by atoms with Crippen LogP contribution in [-0.4, -0.2) is 39.7 Å². The van der Waals surface area contributed by atoms with Crippen molar-refractivity contribution in [3.8, 4) is 5.69 Å². The van der Waals surface area contributed by atoms with Gasteiger partial charge in [0, 0.05) is 23.1 Å². The molecule has 190 valence electrons. The number of ether oxygens (including phenoxy) is 1. The summed E-state index contributed by atoms with van der Waals surface area (Å²) < 4.78 is 6.99. The van der Waals surface area contributed by atoms with Crippen LogP contribution in [0.3, 0.4) is 0 Å². The van der Waals surface area contributed by atoms with E-state index in [9.17, 15) is 9.59 Å². The van der Waals surface area contributed by atoms with E-state index >= 15 is 0 Å². The highest BCUT2D eigenvalue weighted by Gasteiger charge is 2.38. The number of aryl methyl sites for hydroxylation is 1. The smallest absolute Gasteiger partial charge is 0.337 e. The van der Waals surface area contributed by atoms with Crippen molar-refractivity contribution in [2.24, 2.45) is 4.99 Å². The Balaban J connectivity index is 1.51. The van der Waals surface area contributed by atoms with E-state index in [0.29, 0.717) is 10.5 Å². The number of esters is 1. The summed E-state index contributed by atoms with van der Waals surface area (Å²) >= 11 is 1.46. The molecule has 0 spiro atoms. The molecule has 5 rings (SSSR count). The number of rotatable bonds is 5. The highest BCUT2D eigenvalue weighted by Crippen LogP contribution is 2.39. The lowest BCUT2D eigenvalue weighted by Gasteiger charge is -2.30. The Kier molecular flexibility index (Phi) is 7.33. The Labute approximate surface area is 222 Å². The number of aromatic nitrogens is 1. The highest BCUT2D eigenvalue weighted by molar-refractivity contribution is 8.18. The summed E-state index contributed by atoms with van der Waals surface area (Å²) in [6.45, 7) is 4.06. The fraction of sp³-hybridized carbons (Fsp3) is 0.300. The number of hydrogen-bond donors (Lipinski definition) is 0. The first kappa shape index (κ1) is 25.1. The van der Waals surface area contributed by atoms with E-state index in [1.165, 1.54) is 25.3 Å². The standard InChI is InChI=1S/C30H31N3O3S/c1-20-17-23(21(2)32(20)26-16-10-11-22(18-26)29(35)36-3)19-27-28(34)33(25-14-8-5-9-15-25)30(37-27)31-24-12-6-4-7-13-24/h4,6-7,10-13,16-19,25H,5,8-9,14-15H2,1-3H3/b27-19+,31-30?. The van der Waals surface area contributed by atoms with Crippen LogP contribution >= 0.6 is 11.8 Å². The maximum absolute atomic E-state index is 13.7. The van der Waals surface area contributed by atoms with E-state index in [1.807, 2.05) is 73.4 Å². The van der Waals surface area contributed by atoms with Gasteiger partial charge in [0.2, 0.25) is 0 Å². The Morgan fingerprint density at radius 2 is 1.78 bits per heavy atom. The number of aliphatic imine (C=N–C) groups is 1. The van der Waals surface area contributed by atoms with Crippen molar-refractivity contribution in [1.29, 1.82) is 0 Å². The Morgan fingerprint density at radius 3 is 2.51 bits per heavy atom. The third kappa shape index (κ3) is 5.14. The number of para-hydroxylation sites is 1. The van der Waals surface area contributed by atoms with Gasteiger partial charge in [-0.3, -0.25) is 9.69 Å². The molecule has 2 aliphatic rings. The summed E-state index contributed by atoms with van der Waals surface area (Å²) in [5, 5.41) is 0.758. The maximum atomic E-state index is 13.7. The lowest BCUT2D eigenvalue weighted by molar-refractivity contribution is -0.124. The second kappa shape index (κ2) is 10.8. The minimum atomic E-state index is -0.368. The predicted molar refractivity (Wildman–Crippen MR) is 149 cm³/mol. The minimum absolute atomic E-state index is 0.0315. The Bertz CT molecular complexity index is 1380. The van der Waals surface area contributed by atoms with Crippen molar-refractivity contribution in [2.45, 2.75) is 52.0 Å². The van der Waals surface area contributed by atoms with Crippen LogP contribution in [0.1, 0.15) is 59.4 Å². The first-order valence-electron chi connectivity index (χ1n) is 12.7. The van der Waals surface area contributed by atoms with Gasteiger partial charge >= 0.3 is 5.97 Å². The SMILES string of the molecule is COC(=O)c1cccc(-n2c(C)cc(/C=C3/SC(=Nc4ccccc4)N(C4CCCCC4)C3=O)c2C)c1. The Morgan fingerprint density at radius 1 is 1.03 bits per heavy atom. The van der Waals surface area contributed by atoms with Gasteiger partial charge in [-0.1, -0.05) is 43.5 Å². The monoisotopic (exact) mass is 513 g/mol. The van der Waals surface area contributed by atoms with Crippen LogP contribution < -0.4 is 0 Å². The molecular weight excluding hydrogens is 482 g/mol. The molecule has 0 radical (unpaired) electrons. The van der Waals surface area contributed by atoms with Crippen LogP contribution in [0.15, 0.2) is 70.6 Å². The van der Waals surface area contributed by atoms with Crippen molar-refractivity contribution >= 4 is 40.6 Å². The molecule has 0 bridgehead atoms. The number of thioether (sulfide) groups is 1. The van der Waals surface area contributed by atoms with Crippen molar-refractivity contribution in [1.82, 2.24) is 9.47 Å². The van der Waals surface area contributed by atoms with Crippen molar-refractivity contribution in [3.05, 3.63) is 88.1 Å². The number of benzene rings is 2. The van der Waals surface area contributed by atoms with Crippen LogP contribution in [0, 0.1) is 13.8 Å². The number of carbonyl (C=O) groups is 2. The molecule has 0 atom stereocenters. The summed E-state index contributed by atoms with van der Waals surface area (Å²) in [6.07, 6.45) is 7.52. The van der Waals surface area contributed by atoms with Gasteiger partial charge in [0.1, 0.15) is 0 Å². The van der Waals surface area contributed by atoms with E-state index < -0.39 is 0 Å². The van der Waals surface area contributed by atoms with Crippen molar-refractivity contribution < 1.29 is 14.3 Å². The third-order valence-corrected chi connectivity index (χ3v) is 8.02. The normalized spacial score (nSPS) is 18.7. The van der Waals surface area contributed by atoms with Gasteiger partial charge in [-0.15, -0.1) is 0 Å². The van der Waals surface area contributed by atoms with Crippen LogP contribution in [-0.2, 0) is 9.53 Å². The van der Waals surface area contributed by atoms with Gasteiger partial charge in [-0.25, -0.2) is 9.79 Å². The van der Waals surface area contributed by atoms with Crippen molar-refractivity contribution in [3.63, 3.8) is 0 Å². The zero-order chi connectivity index (χ0) is 25.9. The molecule has 37 heavy (non-hydrogen) atoms. The van der Waals surface area contributed by atoms with Crippen LogP contribution in [0.2, 0.25) is 0 Å². The molecule has 2 heterocycles. The molecule has 6 nitrogen and oxygen atoms in total. The summed E-state index contributed by atoms with van der Waals surface area (Å²) in [7, 11) is 1.38. The number of hydrogen-bond acceptors (Lipinski definition) is 5. The fourth-order valence-corrected chi connectivity index (χ4v) is 6.25. The lowest BCUT2D eigenvalue weighted by atomic mass is 9.94. The number of carbonyl (C=O) groups excluding carboxylic acids is 2. The number of amides is 1. The average Bonchev–Trinajstić information content (AvgIpc) is 3.38. The first-order valence-corrected chi connectivity index (χ1v) is 13.5. The molecular formula is C30H31N3O3S. The van der Waals surface area contributed by atoms with Gasteiger partial charge in [0.25, 0.3) is 5.91 Å². The van der Waals surface area contributed by atoms with Gasteiger partial charge < -0.3 is 9.30 Å². The van der Waals surface area contributed by atoms with Gasteiger partial charge in [0.05, 0.1) is 23.3 Å². The first-order chi connectivity index (χ1) is 18.0. The summed E-state index contributed by atoms with van der Waals surface area (Å²) in [5.41, 5.74) is 5.22. The van der Waals surface area contributed by atoms with Crippen LogP contribution in [0.4, 0.5) is 5.69 Å². The van der Waals surface area contributed by atoms with E-state index in [2.05, 4.69) is 10.6 Å². The highest BCUT2D eigenvalue weighted by atomic mass is 32.2. The Hall–Kier alpha value is -3.58. The largest absolute Gasteiger partial charge is 0.465 e. The van der Waals surface area contributed by atoms with Crippen molar-refractivity contribution in [2.75, 3.05) is 7.11 Å². The molecule has 1 amide bonds. The third-order valence-electron chi connectivity index (χ3n) is 7.04. The summed E-state index contributed by atoms with van der Waals surface area (Å²) in [4.78, 5) is 33.3. The van der Waals surface area contributed by atoms with Crippen LogP contribution in [0.25, 0.3) is 11.8 Å². The second-order valence-corrected chi connectivity index (χ2v) is 10.5. The molecule has 1 saturated heterocycles. The quantitative estimate of drug-likeness (QED) is 0.277. The van der Waals surface area contributed by atoms with E-state index in [1.54, 1.807) is 6.07 Å². The van der Waals surface area contributed by atoms with Gasteiger partial charge in [-0.05, 0) is 86.5 Å². The molecule has 0 N–H and O–H groups in total. The number of nitrogens with zero attached hydrogens (tertiary/aromatic N) is 3. The predicted octanol–water partition coefficient (Wildman–Crippen LogP) is 6.82. The maximum Gasteiger partial charge on any atom is 0.337 e. The van der Waals surface area contributed by atoms with Gasteiger partial charge in [-0.2, -0.15) is 0 Å². The second-order valence-electron chi connectivity index (χ2n) is 9.51. The van der Waals surface area contributed by atoms with Gasteiger partial charge in [0.15, 0.2) is 5.17 Å². The molecule has 2 aromatic carbocycles. The molecule has 0 unspecified atom stereocenters. The van der Waals surface area contributed by atoms with E-state index in [0.717, 1.165) is 59.2 Å². The average molecular weight is 514 g/mol. The lowest BCUT2D eigenvalue weighted by Crippen LogP contribution is -2.40. The summed E-state index contributed by atoms with van der Waals surface area (Å²) in [5.74, 6) is -0.336.